The van der Waals surface area contributed by atoms with Crippen molar-refractivity contribution in [3.63, 3.8) is 0 Å². The number of anilines is 2. The minimum atomic E-state index is -0.570. The number of aryl methyl sites for hydroxylation is 1. The van der Waals surface area contributed by atoms with Gasteiger partial charge in [-0.25, -0.2) is 4.68 Å². The molecule has 2 heterocycles. The largest absolute Gasteiger partial charge is 0.370 e. The predicted octanol–water partition coefficient (Wildman–Crippen LogP) is 1.88. The van der Waals surface area contributed by atoms with E-state index in [1.807, 2.05) is 0 Å². The average molecular weight is 391 g/mol. The van der Waals surface area contributed by atoms with Gasteiger partial charge in [0.1, 0.15) is 0 Å². The van der Waals surface area contributed by atoms with Crippen LogP contribution in [0.25, 0.3) is 10.8 Å². The molecule has 8 nitrogen and oxygen atoms in total. The Kier molecular flexibility index (Phi) is 4.75. The van der Waals surface area contributed by atoms with E-state index in [2.05, 4.69) is 15.3 Å². The zero-order valence-corrected chi connectivity index (χ0v) is 16.0. The quantitative estimate of drug-likeness (QED) is 0.706. The second-order valence-electron chi connectivity index (χ2n) is 7.07. The molecule has 8 heteroatoms. The molecule has 1 aliphatic rings. The number of fused-ring (bicyclic) bond motifs is 1. The predicted molar refractivity (Wildman–Crippen MR) is 111 cm³/mol. The van der Waals surface area contributed by atoms with E-state index in [1.165, 1.54) is 7.05 Å². The molecule has 0 saturated carbocycles. The van der Waals surface area contributed by atoms with Gasteiger partial charge in [0.2, 0.25) is 5.91 Å². The number of nitrogens with zero attached hydrogens (tertiary/aromatic N) is 3. The molecule has 1 saturated heterocycles. The first-order valence-corrected chi connectivity index (χ1v) is 9.42. The molecule has 0 aliphatic carbocycles. The van der Waals surface area contributed by atoms with Crippen LogP contribution in [0.15, 0.2) is 47.3 Å². The normalized spacial score (nSPS) is 13.6. The van der Waals surface area contributed by atoms with Crippen LogP contribution in [0.1, 0.15) is 33.7 Å². The van der Waals surface area contributed by atoms with Crippen LogP contribution in [0.4, 0.5) is 11.4 Å². The summed E-state index contributed by atoms with van der Waals surface area (Å²) in [4.78, 5) is 39.2. The third kappa shape index (κ3) is 3.44. The van der Waals surface area contributed by atoms with Crippen molar-refractivity contribution in [1.82, 2.24) is 9.78 Å². The van der Waals surface area contributed by atoms with E-state index < -0.39 is 11.8 Å². The highest BCUT2D eigenvalue weighted by Crippen LogP contribution is 2.30. The van der Waals surface area contributed by atoms with Crippen LogP contribution in [0.2, 0.25) is 0 Å². The molecule has 0 radical (unpaired) electrons. The van der Waals surface area contributed by atoms with Gasteiger partial charge in [0.25, 0.3) is 11.5 Å². The number of primary amides is 1. The van der Waals surface area contributed by atoms with Gasteiger partial charge >= 0.3 is 0 Å². The molecule has 1 aliphatic heterocycles. The number of aromatic nitrogens is 2. The van der Waals surface area contributed by atoms with E-state index in [0.717, 1.165) is 36.3 Å². The highest BCUT2D eigenvalue weighted by molar-refractivity contribution is 6.12. The minimum absolute atomic E-state index is 0.138. The molecule has 29 heavy (non-hydrogen) atoms. The van der Waals surface area contributed by atoms with Crippen molar-refractivity contribution >= 4 is 34.0 Å². The van der Waals surface area contributed by atoms with Gasteiger partial charge in [-0.1, -0.05) is 18.2 Å². The third-order valence-corrected chi connectivity index (χ3v) is 5.15. The molecule has 0 atom stereocenters. The Balaban J connectivity index is 1.78. The fourth-order valence-electron chi connectivity index (χ4n) is 3.67. The van der Waals surface area contributed by atoms with Crippen molar-refractivity contribution < 1.29 is 9.59 Å². The molecule has 0 bridgehead atoms. The van der Waals surface area contributed by atoms with Gasteiger partial charge in [0, 0.05) is 31.1 Å². The molecule has 0 spiro atoms. The summed E-state index contributed by atoms with van der Waals surface area (Å²) in [6.45, 7) is 1.75. The van der Waals surface area contributed by atoms with E-state index in [1.54, 1.807) is 42.5 Å². The maximum Gasteiger partial charge on any atom is 0.276 e. The van der Waals surface area contributed by atoms with Crippen LogP contribution in [-0.2, 0) is 7.05 Å². The molecule has 1 aromatic heterocycles. The molecule has 4 rings (SSSR count). The molecular weight excluding hydrogens is 370 g/mol. The lowest BCUT2D eigenvalue weighted by molar-refractivity contribution is 0.0995. The van der Waals surface area contributed by atoms with Gasteiger partial charge in [-0.15, -0.1) is 0 Å². The van der Waals surface area contributed by atoms with Crippen LogP contribution in [0, 0.1) is 0 Å². The van der Waals surface area contributed by atoms with Crippen LogP contribution in [0.5, 0.6) is 0 Å². The number of nitrogens with two attached hydrogens (primary N) is 1. The van der Waals surface area contributed by atoms with E-state index in [4.69, 9.17) is 5.73 Å². The van der Waals surface area contributed by atoms with E-state index >= 15 is 0 Å². The summed E-state index contributed by atoms with van der Waals surface area (Å²) in [7, 11) is 1.51. The topological polar surface area (TPSA) is 110 Å². The zero-order valence-electron chi connectivity index (χ0n) is 16.0. The number of hydrogen-bond acceptors (Lipinski definition) is 5. The number of rotatable bonds is 4. The van der Waals surface area contributed by atoms with Gasteiger partial charge < -0.3 is 16.0 Å². The third-order valence-electron chi connectivity index (χ3n) is 5.15. The van der Waals surface area contributed by atoms with Crippen LogP contribution in [0.3, 0.4) is 0 Å². The molecule has 0 unspecified atom stereocenters. The number of carbonyl (C=O) groups excluding carboxylic acids is 2. The van der Waals surface area contributed by atoms with Crippen molar-refractivity contribution in [3.05, 3.63) is 64.1 Å². The van der Waals surface area contributed by atoms with Crippen LogP contribution < -0.4 is 21.5 Å². The number of nitrogens with one attached hydrogen (secondary N) is 1. The lowest BCUT2D eigenvalue weighted by atomic mass is 10.1. The Hall–Kier alpha value is -3.68. The monoisotopic (exact) mass is 391 g/mol. The molecule has 3 aromatic rings. The first kappa shape index (κ1) is 18.7. The maximum absolute atomic E-state index is 13.1. The van der Waals surface area contributed by atoms with E-state index in [9.17, 15) is 14.4 Å². The Morgan fingerprint density at radius 2 is 1.76 bits per heavy atom. The lowest BCUT2D eigenvalue weighted by Gasteiger charge is -2.22. The molecular formula is C21H21N5O3. The number of benzene rings is 2. The Morgan fingerprint density at radius 1 is 1.07 bits per heavy atom. The summed E-state index contributed by atoms with van der Waals surface area (Å²) >= 11 is 0. The smallest absolute Gasteiger partial charge is 0.276 e. The summed E-state index contributed by atoms with van der Waals surface area (Å²) in [6, 6.07) is 11.9. The fraction of sp³-hybridized carbons (Fsp3) is 0.238. The standard InChI is InChI=1S/C21H21N5O3/c1-25-21(29)15-7-3-2-6-14(15)18(24-25)20(28)23-16-12-13(19(22)27)8-9-17(16)26-10-4-5-11-26/h2-3,6-9,12H,4-5,10-11H2,1H3,(H2,22,27)(H,23,28). The Bertz CT molecular complexity index is 1180. The summed E-state index contributed by atoms with van der Waals surface area (Å²) < 4.78 is 1.15. The summed E-state index contributed by atoms with van der Waals surface area (Å²) in [5, 5.41) is 7.93. The second-order valence-corrected chi connectivity index (χ2v) is 7.07. The van der Waals surface area contributed by atoms with E-state index in [0.29, 0.717) is 22.0 Å². The molecule has 148 valence electrons. The average Bonchev–Trinajstić information content (AvgIpc) is 3.25. The fourth-order valence-corrected chi connectivity index (χ4v) is 3.67. The Labute approximate surface area is 166 Å². The van der Waals surface area contributed by atoms with Crippen LogP contribution in [-0.4, -0.2) is 34.7 Å². The first-order valence-electron chi connectivity index (χ1n) is 9.42. The zero-order chi connectivity index (χ0) is 20.5. The summed E-state index contributed by atoms with van der Waals surface area (Å²) in [6.07, 6.45) is 2.13. The van der Waals surface area contributed by atoms with Gasteiger partial charge in [0.15, 0.2) is 5.69 Å². The summed E-state index contributed by atoms with van der Waals surface area (Å²) in [5.41, 5.74) is 6.92. The van der Waals surface area contributed by atoms with Gasteiger partial charge in [0.05, 0.1) is 16.8 Å². The Morgan fingerprint density at radius 3 is 2.45 bits per heavy atom. The van der Waals surface area contributed by atoms with Crippen molar-refractivity contribution in [2.45, 2.75) is 12.8 Å². The molecule has 3 N–H and O–H groups in total. The SMILES string of the molecule is Cn1nc(C(=O)Nc2cc(C(N)=O)ccc2N2CCCC2)c2ccccc2c1=O. The van der Waals surface area contributed by atoms with Crippen LogP contribution >= 0.6 is 0 Å². The second kappa shape index (κ2) is 7.38. The molecule has 2 aromatic carbocycles. The van der Waals surface area contributed by atoms with Gasteiger partial charge in [-0.2, -0.15) is 5.10 Å². The lowest BCUT2D eigenvalue weighted by Crippen LogP contribution is -2.26. The highest BCUT2D eigenvalue weighted by atomic mass is 16.2. The first-order chi connectivity index (χ1) is 14.0. The highest BCUT2D eigenvalue weighted by Gasteiger charge is 2.21. The number of hydrogen-bond donors (Lipinski definition) is 2. The van der Waals surface area contributed by atoms with Crippen molar-refractivity contribution in [2.75, 3.05) is 23.3 Å². The summed E-state index contributed by atoms with van der Waals surface area (Å²) in [5.74, 6) is -1.03. The van der Waals surface area contributed by atoms with Gasteiger partial charge in [-0.3, -0.25) is 14.4 Å². The van der Waals surface area contributed by atoms with E-state index in [-0.39, 0.29) is 11.3 Å². The molecule has 1 fully saturated rings. The van der Waals surface area contributed by atoms with Gasteiger partial charge in [-0.05, 0) is 37.1 Å². The minimum Gasteiger partial charge on any atom is -0.370 e. The molecule has 2 amide bonds. The van der Waals surface area contributed by atoms with Crippen molar-refractivity contribution in [2.24, 2.45) is 12.8 Å². The maximum atomic E-state index is 13.1. The van der Waals surface area contributed by atoms with Crippen molar-refractivity contribution in [3.8, 4) is 0 Å². The number of amides is 2. The van der Waals surface area contributed by atoms with Crippen molar-refractivity contribution in [1.29, 1.82) is 0 Å². The number of carbonyl (C=O) groups is 2.